The van der Waals surface area contributed by atoms with Crippen molar-refractivity contribution in [2.24, 2.45) is 5.73 Å². The van der Waals surface area contributed by atoms with Crippen molar-refractivity contribution >= 4 is 11.9 Å². The molecule has 32 heavy (non-hydrogen) atoms. The number of nitrogens with two attached hydrogens (primary N) is 1. The Morgan fingerprint density at radius 2 is 1.75 bits per heavy atom. The second kappa shape index (κ2) is 10.3. The summed E-state index contributed by atoms with van der Waals surface area (Å²) < 4.78 is 35.4. The Morgan fingerprint density at radius 3 is 2.31 bits per heavy atom. The lowest BCUT2D eigenvalue weighted by atomic mass is 10.1. The van der Waals surface area contributed by atoms with E-state index in [1.807, 2.05) is 0 Å². The predicted molar refractivity (Wildman–Crippen MR) is 112 cm³/mol. The van der Waals surface area contributed by atoms with E-state index in [4.69, 9.17) is 24.7 Å². The van der Waals surface area contributed by atoms with E-state index < -0.39 is 30.4 Å². The third-order valence-electron chi connectivity index (χ3n) is 4.39. The Bertz CT molecular complexity index is 1080. The molecule has 0 aliphatic rings. The number of ether oxygens (including phenoxy) is 4. The van der Waals surface area contributed by atoms with E-state index in [-0.39, 0.29) is 22.8 Å². The summed E-state index contributed by atoms with van der Waals surface area (Å²) in [6.07, 6.45) is 0.592. The van der Waals surface area contributed by atoms with E-state index in [0.29, 0.717) is 11.3 Å². The Morgan fingerprint density at radius 1 is 1.03 bits per heavy atom. The largest absolute Gasteiger partial charge is 0.493 e. The Labute approximate surface area is 183 Å². The van der Waals surface area contributed by atoms with Crippen LogP contribution in [0.4, 0.5) is 4.39 Å². The number of benzene rings is 2. The van der Waals surface area contributed by atoms with Crippen molar-refractivity contribution in [1.82, 2.24) is 4.98 Å². The highest BCUT2D eigenvalue weighted by Gasteiger charge is 2.24. The first-order valence-electron chi connectivity index (χ1n) is 9.47. The number of esters is 1. The van der Waals surface area contributed by atoms with E-state index in [1.54, 1.807) is 30.5 Å². The minimum absolute atomic E-state index is 0.0856. The van der Waals surface area contributed by atoms with Crippen LogP contribution in [-0.2, 0) is 9.53 Å². The van der Waals surface area contributed by atoms with Crippen LogP contribution < -0.4 is 19.9 Å². The van der Waals surface area contributed by atoms with Crippen molar-refractivity contribution in [1.29, 1.82) is 0 Å². The van der Waals surface area contributed by atoms with Crippen LogP contribution in [0.2, 0.25) is 0 Å². The molecule has 0 radical (unpaired) electrons. The molecule has 0 saturated carbocycles. The second-order valence-electron chi connectivity index (χ2n) is 6.56. The molecule has 1 heterocycles. The number of nitrogens with zero attached hydrogens (tertiary/aromatic N) is 1. The fraction of sp³-hybridized carbons (Fsp3) is 0.174. The molecule has 1 unspecified atom stereocenters. The number of amides is 1. The van der Waals surface area contributed by atoms with Crippen molar-refractivity contribution in [3.05, 3.63) is 83.4 Å². The molecule has 2 aromatic carbocycles. The first kappa shape index (κ1) is 22.5. The minimum atomic E-state index is -0.956. The first-order valence-corrected chi connectivity index (χ1v) is 9.47. The number of halogens is 1. The van der Waals surface area contributed by atoms with Crippen molar-refractivity contribution < 1.29 is 32.9 Å². The molecule has 1 aromatic heterocycles. The molecule has 0 aliphatic carbocycles. The van der Waals surface area contributed by atoms with Crippen molar-refractivity contribution in [2.75, 3.05) is 20.8 Å². The van der Waals surface area contributed by atoms with E-state index in [2.05, 4.69) is 4.98 Å². The zero-order valence-corrected chi connectivity index (χ0v) is 17.4. The van der Waals surface area contributed by atoms with Crippen molar-refractivity contribution in [2.45, 2.75) is 6.10 Å². The number of carbonyl (C=O) groups excluding carboxylic acids is 2. The molecule has 0 bridgehead atoms. The van der Waals surface area contributed by atoms with Gasteiger partial charge >= 0.3 is 5.97 Å². The number of rotatable bonds is 9. The third kappa shape index (κ3) is 5.31. The first-order chi connectivity index (χ1) is 15.4. The topological polar surface area (TPSA) is 110 Å². The summed E-state index contributed by atoms with van der Waals surface area (Å²) in [4.78, 5) is 28.3. The Hall–Kier alpha value is -4.14. The molecule has 0 saturated heterocycles. The van der Waals surface area contributed by atoms with Gasteiger partial charge in [0.25, 0.3) is 5.91 Å². The maximum atomic E-state index is 13.8. The van der Waals surface area contributed by atoms with Gasteiger partial charge in [0.2, 0.25) is 5.75 Å². The summed E-state index contributed by atoms with van der Waals surface area (Å²) in [6.45, 7) is -0.405. The molecule has 9 heteroatoms. The number of methoxy groups -OCH3 is 2. The van der Waals surface area contributed by atoms with Gasteiger partial charge in [-0.05, 0) is 36.4 Å². The Balaban J connectivity index is 1.96. The molecule has 1 amide bonds. The standard InChI is InChI=1S/C23H21FN2O6/c1-29-18-11-15(12-19(30-2)22(18)31-13-20(25)27)23(28)32-21(17-8-3-4-9-26-17)14-6-5-7-16(24)10-14/h3-12,21H,13H2,1-2H3,(H2,25,27). The summed E-state index contributed by atoms with van der Waals surface area (Å²) in [5.41, 5.74) is 6.05. The third-order valence-corrected chi connectivity index (χ3v) is 4.39. The summed E-state index contributed by atoms with van der Waals surface area (Å²) in [5.74, 6) is -1.51. The van der Waals surface area contributed by atoms with Crippen LogP contribution in [0.25, 0.3) is 0 Å². The molecule has 0 aliphatic heterocycles. The van der Waals surface area contributed by atoms with Crippen LogP contribution in [0.1, 0.15) is 27.7 Å². The molecule has 8 nitrogen and oxygen atoms in total. The van der Waals surface area contributed by atoms with E-state index in [1.165, 1.54) is 44.6 Å². The summed E-state index contributed by atoms with van der Waals surface area (Å²) in [7, 11) is 2.73. The molecule has 3 rings (SSSR count). The van der Waals surface area contributed by atoms with E-state index >= 15 is 0 Å². The van der Waals surface area contributed by atoms with Crippen LogP contribution in [0.3, 0.4) is 0 Å². The monoisotopic (exact) mass is 440 g/mol. The molecule has 1 atom stereocenters. The lowest BCUT2D eigenvalue weighted by Gasteiger charge is -2.19. The maximum Gasteiger partial charge on any atom is 0.339 e. The second-order valence-corrected chi connectivity index (χ2v) is 6.56. The van der Waals surface area contributed by atoms with Gasteiger partial charge in [-0.25, -0.2) is 9.18 Å². The molecular weight excluding hydrogens is 419 g/mol. The minimum Gasteiger partial charge on any atom is -0.493 e. The van der Waals surface area contributed by atoms with Crippen LogP contribution in [-0.4, -0.2) is 37.7 Å². The quantitative estimate of drug-likeness (QED) is 0.509. The SMILES string of the molecule is COc1cc(C(=O)OC(c2cccc(F)c2)c2ccccn2)cc(OC)c1OCC(N)=O. The highest BCUT2D eigenvalue weighted by molar-refractivity contribution is 5.91. The molecule has 0 spiro atoms. The lowest BCUT2D eigenvalue weighted by molar-refractivity contribution is -0.120. The summed E-state index contributed by atoms with van der Waals surface area (Å²) in [5, 5.41) is 0. The summed E-state index contributed by atoms with van der Waals surface area (Å²) >= 11 is 0. The van der Waals surface area contributed by atoms with Gasteiger partial charge in [-0.2, -0.15) is 0 Å². The average molecular weight is 440 g/mol. The highest BCUT2D eigenvalue weighted by atomic mass is 19.1. The van der Waals surface area contributed by atoms with Crippen molar-refractivity contribution in [3.63, 3.8) is 0 Å². The predicted octanol–water partition coefficient (Wildman–Crippen LogP) is 3.05. The van der Waals surface area contributed by atoms with Crippen LogP contribution in [0.15, 0.2) is 60.8 Å². The van der Waals surface area contributed by atoms with Crippen LogP contribution in [0.5, 0.6) is 17.2 Å². The van der Waals surface area contributed by atoms with Gasteiger partial charge in [-0.15, -0.1) is 0 Å². The van der Waals surface area contributed by atoms with Gasteiger partial charge in [-0.3, -0.25) is 9.78 Å². The van der Waals surface area contributed by atoms with Crippen molar-refractivity contribution in [3.8, 4) is 17.2 Å². The maximum absolute atomic E-state index is 13.8. The number of hydrogen-bond donors (Lipinski definition) is 1. The van der Waals surface area contributed by atoms with Gasteiger partial charge in [0.1, 0.15) is 5.82 Å². The van der Waals surface area contributed by atoms with Crippen LogP contribution in [0, 0.1) is 5.82 Å². The van der Waals surface area contributed by atoms with Crippen LogP contribution >= 0.6 is 0 Å². The van der Waals surface area contributed by atoms with Gasteiger partial charge < -0.3 is 24.7 Å². The van der Waals surface area contributed by atoms with Gasteiger partial charge in [-0.1, -0.05) is 18.2 Å². The zero-order valence-electron chi connectivity index (χ0n) is 17.4. The number of carbonyl (C=O) groups is 2. The average Bonchev–Trinajstić information content (AvgIpc) is 2.80. The molecule has 166 valence electrons. The number of aromatic nitrogens is 1. The fourth-order valence-corrected chi connectivity index (χ4v) is 2.96. The molecule has 3 aromatic rings. The zero-order chi connectivity index (χ0) is 23.1. The summed E-state index contributed by atoms with van der Waals surface area (Å²) in [6, 6.07) is 13.6. The fourth-order valence-electron chi connectivity index (χ4n) is 2.96. The number of pyridine rings is 1. The van der Waals surface area contributed by atoms with Gasteiger partial charge in [0.05, 0.1) is 25.5 Å². The lowest BCUT2D eigenvalue weighted by Crippen LogP contribution is -2.20. The number of primary amides is 1. The van der Waals surface area contributed by atoms with Gasteiger partial charge in [0, 0.05) is 11.8 Å². The van der Waals surface area contributed by atoms with E-state index in [0.717, 1.165) is 0 Å². The molecule has 0 fully saturated rings. The van der Waals surface area contributed by atoms with E-state index in [9.17, 15) is 14.0 Å². The normalized spacial score (nSPS) is 11.3. The van der Waals surface area contributed by atoms with Gasteiger partial charge in [0.15, 0.2) is 24.2 Å². The highest BCUT2D eigenvalue weighted by Crippen LogP contribution is 2.39. The smallest absolute Gasteiger partial charge is 0.339 e. The Kier molecular flexibility index (Phi) is 7.22. The number of hydrogen-bond acceptors (Lipinski definition) is 7. The molecular formula is C23H21FN2O6. The molecule has 2 N–H and O–H groups in total.